The number of rotatable bonds is 2. The third-order valence-electron chi connectivity index (χ3n) is 1.44. The van der Waals surface area contributed by atoms with Crippen molar-refractivity contribution in [3.8, 4) is 0 Å². The van der Waals surface area contributed by atoms with Crippen molar-refractivity contribution in [1.29, 1.82) is 0 Å². The van der Waals surface area contributed by atoms with Crippen molar-refractivity contribution < 1.29 is 4.92 Å². The van der Waals surface area contributed by atoms with Crippen LogP contribution in [0.1, 0.15) is 18.7 Å². The van der Waals surface area contributed by atoms with Gasteiger partial charge in [0.05, 0.1) is 11.0 Å². The summed E-state index contributed by atoms with van der Waals surface area (Å²) in [5, 5.41) is 10.4. The van der Waals surface area contributed by atoms with Crippen LogP contribution in [0.2, 0.25) is 0 Å². The Morgan fingerprint density at radius 2 is 2.31 bits per heavy atom. The topological polar surface area (TPSA) is 117 Å². The summed E-state index contributed by atoms with van der Waals surface area (Å²) in [7, 11) is 0. The summed E-state index contributed by atoms with van der Waals surface area (Å²) in [6.45, 7) is 1.66. The summed E-state index contributed by atoms with van der Waals surface area (Å²) in [4.78, 5) is 13.8. The predicted molar refractivity (Wildman–Crippen MR) is 48.5 cm³/mol. The first-order valence-corrected chi connectivity index (χ1v) is 3.48. The number of hydrogen-bond acceptors (Lipinski definition) is 5. The largest absolute Gasteiger partial charge is 0.344 e. The first-order valence-electron chi connectivity index (χ1n) is 3.48. The highest BCUT2D eigenvalue weighted by molar-refractivity contribution is 5.35. The van der Waals surface area contributed by atoms with Crippen LogP contribution in [0, 0.1) is 10.1 Å². The standard InChI is InChI=1S/C7H9N3O2.H3N/c1-5(8)7-6(10(11)12)3-2-4-9-7;/h2-5H,8H2,1H3;1H3. The molecule has 1 rings (SSSR count). The number of pyridine rings is 1. The van der Waals surface area contributed by atoms with Gasteiger partial charge in [0.15, 0.2) is 0 Å². The van der Waals surface area contributed by atoms with Crippen molar-refractivity contribution in [2.75, 3.05) is 0 Å². The third kappa shape index (κ3) is 2.46. The zero-order chi connectivity index (χ0) is 9.14. The molecule has 0 fully saturated rings. The van der Waals surface area contributed by atoms with E-state index >= 15 is 0 Å². The van der Waals surface area contributed by atoms with Gasteiger partial charge in [-0.25, -0.2) is 0 Å². The van der Waals surface area contributed by atoms with Crippen LogP contribution < -0.4 is 11.9 Å². The Kier molecular flexibility index (Phi) is 3.96. The lowest BCUT2D eigenvalue weighted by molar-refractivity contribution is -0.386. The molecule has 0 saturated heterocycles. The molecule has 0 bridgehead atoms. The van der Waals surface area contributed by atoms with Crippen LogP contribution in [0.4, 0.5) is 5.69 Å². The summed E-state index contributed by atoms with van der Waals surface area (Å²) < 4.78 is 0. The molecule has 5 N–H and O–H groups in total. The molecule has 0 radical (unpaired) electrons. The Morgan fingerprint density at radius 3 is 2.69 bits per heavy atom. The fourth-order valence-corrected chi connectivity index (χ4v) is 0.914. The van der Waals surface area contributed by atoms with E-state index in [0.29, 0.717) is 5.69 Å². The number of nitro groups is 1. The molecule has 1 unspecified atom stereocenters. The van der Waals surface area contributed by atoms with E-state index in [-0.39, 0.29) is 11.8 Å². The molecule has 0 aliphatic carbocycles. The Morgan fingerprint density at radius 1 is 1.69 bits per heavy atom. The van der Waals surface area contributed by atoms with E-state index in [1.54, 1.807) is 6.92 Å². The summed E-state index contributed by atoms with van der Waals surface area (Å²) >= 11 is 0. The normalized spacial score (nSPS) is 11.5. The van der Waals surface area contributed by atoms with Crippen molar-refractivity contribution in [2.45, 2.75) is 13.0 Å². The van der Waals surface area contributed by atoms with Gasteiger partial charge in [-0.05, 0) is 13.0 Å². The molecule has 1 aromatic rings. The fourth-order valence-electron chi connectivity index (χ4n) is 0.914. The smallest absolute Gasteiger partial charge is 0.292 e. The molecule has 1 aromatic heterocycles. The number of aromatic nitrogens is 1. The number of nitrogens with zero attached hydrogens (tertiary/aromatic N) is 2. The Labute approximate surface area is 75.5 Å². The zero-order valence-electron chi connectivity index (χ0n) is 7.30. The predicted octanol–water partition coefficient (Wildman–Crippen LogP) is 1.17. The number of hydrogen-bond donors (Lipinski definition) is 2. The highest BCUT2D eigenvalue weighted by Gasteiger charge is 2.16. The summed E-state index contributed by atoms with van der Waals surface area (Å²) in [6.07, 6.45) is 1.49. The minimum absolute atomic E-state index is 0. The highest BCUT2D eigenvalue weighted by atomic mass is 16.6. The molecule has 13 heavy (non-hydrogen) atoms. The van der Waals surface area contributed by atoms with Gasteiger partial charge in [0, 0.05) is 12.3 Å². The van der Waals surface area contributed by atoms with Gasteiger partial charge in [0.2, 0.25) is 0 Å². The molecule has 0 spiro atoms. The van der Waals surface area contributed by atoms with Crippen molar-refractivity contribution in [3.63, 3.8) is 0 Å². The van der Waals surface area contributed by atoms with Gasteiger partial charge in [0.1, 0.15) is 5.69 Å². The molecule has 0 aromatic carbocycles. The SMILES string of the molecule is CC(N)c1ncccc1[N+](=O)[O-].N. The maximum Gasteiger partial charge on any atom is 0.292 e. The van der Waals surface area contributed by atoms with Crippen molar-refractivity contribution in [2.24, 2.45) is 5.73 Å². The first kappa shape index (κ1) is 11.5. The molecule has 0 amide bonds. The summed E-state index contributed by atoms with van der Waals surface area (Å²) in [5.41, 5.74) is 5.79. The molecule has 1 heterocycles. The van der Waals surface area contributed by atoms with Gasteiger partial charge in [-0.2, -0.15) is 0 Å². The van der Waals surface area contributed by atoms with E-state index in [4.69, 9.17) is 5.73 Å². The number of nitrogens with two attached hydrogens (primary N) is 1. The van der Waals surface area contributed by atoms with Crippen LogP contribution in [-0.4, -0.2) is 9.91 Å². The van der Waals surface area contributed by atoms with Gasteiger partial charge < -0.3 is 11.9 Å². The van der Waals surface area contributed by atoms with Crippen LogP contribution in [0.15, 0.2) is 18.3 Å². The van der Waals surface area contributed by atoms with Gasteiger partial charge in [-0.1, -0.05) is 0 Å². The summed E-state index contributed by atoms with van der Waals surface area (Å²) in [5.74, 6) is 0. The lowest BCUT2D eigenvalue weighted by Crippen LogP contribution is -2.09. The molecule has 6 nitrogen and oxygen atoms in total. The van der Waals surface area contributed by atoms with E-state index in [2.05, 4.69) is 4.98 Å². The van der Waals surface area contributed by atoms with Crippen molar-refractivity contribution in [1.82, 2.24) is 11.1 Å². The second-order valence-electron chi connectivity index (χ2n) is 2.45. The minimum Gasteiger partial charge on any atom is -0.344 e. The van der Waals surface area contributed by atoms with Gasteiger partial charge in [-0.15, -0.1) is 0 Å². The first-order chi connectivity index (χ1) is 5.63. The fraction of sp³-hybridized carbons (Fsp3) is 0.286. The van der Waals surface area contributed by atoms with E-state index < -0.39 is 11.0 Å². The zero-order valence-corrected chi connectivity index (χ0v) is 7.30. The second kappa shape index (κ2) is 4.48. The molecule has 0 aliphatic heterocycles. The van der Waals surface area contributed by atoms with E-state index in [1.807, 2.05) is 0 Å². The quantitative estimate of drug-likeness (QED) is 0.528. The maximum atomic E-state index is 10.4. The van der Waals surface area contributed by atoms with E-state index in [1.165, 1.54) is 18.3 Å². The van der Waals surface area contributed by atoms with Crippen LogP contribution in [0.3, 0.4) is 0 Å². The highest BCUT2D eigenvalue weighted by Crippen LogP contribution is 2.19. The second-order valence-corrected chi connectivity index (χ2v) is 2.45. The van der Waals surface area contributed by atoms with Gasteiger partial charge in [0.25, 0.3) is 5.69 Å². The molecular formula is C7H12N4O2. The minimum atomic E-state index is -0.480. The lowest BCUT2D eigenvalue weighted by atomic mass is 10.2. The lowest BCUT2D eigenvalue weighted by Gasteiger charge is -2.03. The monoisotopic (exact) mass is 184 g/mol. The van der Waals surface area contributed by atoms with Crippen molar-refractivity contribution in [3.05, 3.63) is 34.1 Å². The van der Waals surface area contributed by atoms with E-state index in [0.717, 1.165) is 0 Å². The average molecular weight is 184 g/mol. The summed E-state index contributed by atoms with van der Waals surface area (Å²) in [6, 6.07) is 2.50. The Bertz CT molecular complexity index is 300. The third-order valence-corrected chi connectivity index (χ3v) is 1.44. The van der Waals surface area contributed by atoms with Gasteiger partial charge >= 0.3 is 0 Å². The Hall–Kier alpha value is -1.53. The van der Waals surface area contributed by atoms with Crippen LogP contribution in [-0.2, 0) is 0 Å². The van der Waals surface area contributed by atoms with E-state index in [9.17, 15) is 10.1 Å². The van der Waals surface area contributed by atoms with Crippen LogP contribution in [0.25, 0.3) is 0 Å². The molecule has 0 saturated carbocycles. The maximum absolute atomic E-state index is 10.4. The molecule has 1 atom stereocenters. The molecular weight excluding hydrogens is 172 g/mol. The van der Waals surface area contributed by atoms with Gasteiger partial charge in [-0.3, -0.25) is 15.1 Å². The van der Waals surface area contributed by atoms with Crippen LogP contribution in [0.5, 0.6) is 0 Å². The molecule has 0 aliphatic rings. The molecule has 6 heteroatoms. The van der Waals surface area contributed by atoms with Crippen LogP contribution >= 0.6 is 0 Å². The van der Waals surface area contributed by atoms with Crippen molar-refractivity contribution >= 4 is 5.69 Å². The Balaban J connectivity index is 0.00000144. The average Bonchev–Trinajstić information content (AvgIpc) is 2.04. The molecule has 72 valence electrons.